The third kappa shape index (κ3) is 2.59. The normalized spacial score (nSPS) is 16.8. The van der Waals surface area contributed by atoms with Crippen molar-refractivity contribution in [3.8, 4) is 5.13 Å². The summed E-state index contributed by atoms with van der Waals surface area (Å²) < 4.78 is 1.43. The lowest BCUT2D eigenvalue weighted by atomic mass is 9.79. The fraction of sp³-hybridized carbons (Fsp3) is 0.316. The Kier molecular flexibility index (Phi) is 3.81. The molecule has 4 rings (SSSR count). The molecule has 122 valence electrons. The summed E-state index contributed by atoms with van der Waals surface area (Å²) in [6.07, 6.45) is 6.26. The Balaban J connectivity index is 1.69. The zero-order chi connectivity index (χ0) is 16.7. The molecule has 0 spiro atoms. The highest BCUT2D eigenvalue weighted by Crippen LogP contribution is 2.33. The van der Waals surface area contributed by atoms with Crippen LogP contribution in [0.4, 0.5) is 0 Å². The highest BCUT2D eigenvalue weighted by Gasteiger charge is 2.25. The van der Waals surface area contributed by atoms with Crippen molar-refractivity contribution in [2.45, 2.75) is 39.0 Å². The van der Waals surface area contributed by atoms with E-state index in [1.54, 1.807) is 6.20 Å². The Morgan fingerprint density at radius 3 is 2.92 bits per heavy atom. The van der Waals surface area contributed by atoms with Crippen molar-refractivity contribution < 1.29 is 0 Å². The molecule has 0 bridgehead atoms. The number of aryl methyl sites for hydroxylation is 2. The SMILES string of the molecule is Cc1ccc(C2CCc3c(cnn(-c4nccs4)c3=O)C2)c(C)c1. The van der Waals surface area contributed by atoms with Gasteiger partial charge in [-0.1, -0.05) is 23.8 Å². The summed E-state index contributed by atoms with van der Waals surface area (Å²) >= 11 is 1.43. The lowest BCUT2D eigenvalue weighted by Crippen LogP contribution is -2.29. The molecule has 3 aromatic rings. The smallest absolute Gasteiger partial charge is 0.267 e. The van der Waals surface area contributed by atoms with Gasteiger partial charge in [0.25, 0.3) is 5.56 Å². The fourth-order valence-corrected chi connectivity index (χ4v) is 4.25. The van der Waals surface area contributed by atoms with E-state index in [4.69, 9.17) is 0 Å². The summed E-state index contributed by atoms with van der Waals surface area (Å²) in [5, 5.41) is 6.85. The number of nitrogens with zero attached hydrogens (tertiary/aromatic N) is 3. The number of aromatic nitrogens is 3. The second-order valence-electron chi connectivity index (χ2n) is 6.48. The van der Waals surface area contributed by atoms with Gasteiger partial charge in [-0.15, -0.1) is 11.3 Å². The third-order valence-electron chi connectivity index (χ3n) is 4.84. The molecule has 1 unspecified atom stereocenters. The molecule has 24 heavy (non-hydrogen) atoms. The first kappa shape index (κ1) is 15.3. The van der Waals surface area contributed by atoms with Crippen LogP contribution in [0.3, 0.4) is 0 Å². The van der Waals surface area contributed by atoms with E-state index in [0.717, 1.165) is 30.4 Å². The lowest BCUT2D eigenvalue weighted by Gasteiger charge is -2.26. The molecule has 1 atom stereocenters. The molecule has 0 saturated heterocycles. The predicted molar refractivity (Wildman–Crippen MR) is 96.2 cm³/mol. The molecule has 2 heterocycles. The van der Waals surface area contributed by atoms with Crippen molar-refractivity contribution in [1.29, 1.82) is 0 Å². The summed E-state index contributed by atoms with van der Waals surface area (Å²) in [5.41, 5.74) is 6.01. The maximum absolute atomic E-state index is 12.7. The van der Waals surface area contributed by atoms with Crippen LogP contribution in [0.5, 0.6) is 0 Å². The van der Waals surface area contributed by atoms with E-state index in [1.165, 1.54) is 32.7 Å². The maximum Gasteiger partial charge on any atom is 0.277 e. The summed E-state index contributed by atoms with van der Waals surface area (Å²) in [4.78, 5) is 16.9. The van der Waals surface area contributed by atoms with Crippen molar-refractivity contribution in [2.75, 3.05) is 0 Å². The zero-order valence-electron chi connectivity index (χ0n) is 13.8. The Labute approximate surface area is 144 Å². The Morgan fingerprint density at radius 2 is 2.17 bits per heavy atom. The van der Waals surface area contributed by atoms with Gasteiger partial charge in [-0.25, -0.2) is 4.98 Å². The average molecular weight is 337 g/mol. The van der Waals surface area contributed by atoms with E-state index in [1.807, 2.05) is 11.6 Å². The molecule has 2 aromatic heterocycles. The van der Waals surface area contributed by atoms with Crippen molar-refractivity contribution >= 4 is 11.3 Å². The Bertz CT molecular complexity index is 944. The van der Waals surface area contributed by atoms with Crippen LogP contribution in [0.25, 0.3) is 5.13 Å². The van der Waals surface area contributed by atoms with Crippen LogP contribution >= 0.6 is 11.3 Å². The molecule has 0 amide bonds. The molecule has 0 radical (unpaired) electrons. The van der Waals surface area contributed by atoms with Crippen molar-refractivity contribution in [2.24, 2.45) is 0 Å². The average Bonchev–Trinajstić information content (AvgIpc) is 3.09. The Morgan fingerprint density at radius 1 is 1.29 bits per heavy atom. The number of rotatable bonds is 2. The fourth-order valence-electron chi connectivity index (χ4n) is 3.66. The first-order valence-electron chi connectivity index (χ1n) is 8.20. The molecule has 0 fully saturated rings. The van der Waals surface area contributed by atoms with Gasteiger partial charge in [-0.2, -0.15) is 9.78 Å². The van der Waals surface area contributed by atoms with Crippen LogP contribution in [-0.4, -0.2) is 14.8 Å². The van der Waals surface area contributed by atoms with Crippen molar-refractivity contribution in [3.05, 3.63) is 74.1 Å². The molecule has 5 heteroatoms. The number of benzene rings is 1. The van der Waals surface area contributed by atoms with Gasteiger partial charge in [0, 0.05) is 17.1 Å². The topological polar surface area (TPSA) is 47.8 Å². The molecule has 1 aromatic carbocycles. The van der Waals surface area contributed by atoms with Gasteiger partial charge in [0.15, 0.2) is 0 Å². The predicted octanol–water partition coefficient (Wildman–Crippen LogP) is 3.58. The third-order valence-corrected chi connectivity index (χ3v) is 5.59. The van der Waals surface area contributed by atoms with Crippen LogP contribution in [0.1, 0.15) is 40.2 Å². The monoisotopic (exact) mass is 337 g/mol. The second-order valence-corrected chi connectivity index (χ2v) is 7.35. The molecule has 1 aliphatic rings. The first-order valence-corrected chi connectivity index (χ1v) is 9.08. The van der Waals surface area contributed by atoms with Crippen LogP contribution < -0.4 is 5.56 Å². The van der Waals surface area contributed by atoms with E-state index in [0.29, 0.717) is 11.0 Å². The number of hydrogen-bond donors (Lipinski definition) is 0. The number of thiazole rings is 1. The minimum Gasteiger partial charge on any atom is -0.267 e. The highest BCUT2D eigenvalue weighted by molar-refractivity contribution is 7.12. The van der Waals surface area contributed by atoms with E-state index >= 15 is 0 Å². The highest BCUT2D eigenvalue weighted by atomic mass is 32.1. The minimum absolute atomic E-state index is 0.0125. The van der Waals surface area contributed by atoms with E-state index in [9.17, 15) is 4.79 Å². The van der Waals surface area contributed by atoms with Crippen LogP contribution in [0, 0.1) is 13.8 Å². The zero-order valence-corrected chi connectivity index (χ0v) is 14.6. The summed E-state index contributed by atoms with van der Waals surface area (Å²) in [5.74, 6) is 0.468. The summed E-state index contributed by atoms with van der Waals surface area (Å²) in [6, 6.07) is 6.66. The minimum atomic E-state index is -0.0125. The summed E-state index contributed by atoms with van der Waals surface area (Å²) in [6.45, 7) is 4.30. The lowest BCUT2D eigenvalue weighted by molar-refractivity contribution is 0.565. The Hall–Kier alpha value is -2.27. The van der Waals surface area contributed by atoms with Gasteiger partial charge in [0.1, 0.15) is 0 Å². The van der Waals surface area contributed by atoms with E-state index < -0.39 is 0 Å². The van der Waals surface area contributed by atoms with Gasteiger partial charge in [0.05, 0.1) is 6.20 Å². The number of fused-ring (bicyclic) bond motifs is 1. The summed E-state index contributed by atoms with van der Waals surface area (Å²) in [7, 11) is 0. The maximum atomic E-state index is 12.7. The van der Waals surface area contributed by atoms with Crippen LogP contribution in [0.2, 0.25) is 0 Å². The largest absolute Gasteiger partial charge is 0.277 e. The second kappa shape index (κ2) is 5.98. The van der Waals surface area contributed by atoms with Gasteiger partial charge in [-0.3, -0.25) is 4.79 Å². The molecule has 1 aliphatic carbocycles. The molecule has 0 aliphatic heterocycles. The van der Waals surface area contributed by atoms with Crippen molar-refractivity contribution in [3.63, 3.8) is 0 Å². The van der Waals surface area contributed by atoms with E-state index in [-0.39, 0.29) is 5.56 Å². The van der Waals surface area contributed by atoms with Gasteiger partial charge in [0.2, 0.25) is 5.13 Å². The van der Waals surface area contributed by atoms with Gasteiger partial charge in [-0.05, 0) is 55.7 Å². The van der Waals surface area contributed by atoms with Crippen LogP contribution in [-0.2, 0) is 12.8 Å². The van der Waals surface area contributed by atoms with Gasteiger partial charge >= 0.3 is 0 Å². The number of hydrogen-bond acceptors (Lipinski definition) is 4. The van der Waals surface area contributed by atoms with Gasteiger partial charge < -0.3 is 0 Å². The molecular formula is C19H19N3OS. The van der Waals surface area contributed by atoms with Crippen molar-refractivity contribution in [1.82, 2.24) is 14.8 Å². The molecule has 0 saturated carbocycles. The quantitative estimate of drug-likeness (QED) is 0.718. The molecular weight excluding hydrogens is 318 g/mol. The first-order chi connectivity index (χ1) is 11.6. The van der Waals surface area contributed by atoms with Crippen LogP contribution in [0.15, 0.2) is 40.8 Å². The molecule has 4 nitrogen and oxygen atoms in total. The van der Waals surface area contributed by atoms with E-state index in [2.05, 4.69) is 42.1 Å². The standard InChI is InChI=1S/C19H19N3OS/c1-12-3-5-16(13(2)9-12)14-4-6-17-15(10-14)11-21-22(18(17)23)19-20-7-8-24-19/h3,5,7-9,11,14H,4,6,10H2,1-2H3. The molecule has 0 N–H and O–H groups in total.